The summed E-state index contributed by atoms with van der Waals surface area (Å²) in [5, 5.41) is 3.36. The molecule has 0 aromatic rings. The number of likely N-dealkylation sites (N-methyl/N-ethyl adjacent to an activating group) is 1. The summed E-state index contributed by atoms with van der Waals surface area (Å²) >= 11 is 6.38. The van der Waals surface area contributed by atoms with Gasteiger partial charge in [-0.25, -0.2) is 0 Å². The van der Waals surface area contributed by atoms with Crippen LogP contribution in [-0.2, 0) is 0 Å². The highest BCUT2D eigenvalue weighted by atomic mass is 35.5. The fourth-order valence-electron chi connectivity index (χ4n) is 1.87. The van der Waals surface area contributed by atoms with E-state index in [0.29, 0.717) is 5.92 Å². The molecular weight excluding hydrogens is 172 g/mol. The SMILES string of the molecule is CC(C)C(Cl)[N+]1(C)CCNCC1. The number of nitrogens with one attached hydrogen (secondary N) is 1. The standard InChI is InChI=1S/C9H20ClN2/c1-8(2)9(10)12(3)6-4-11-5-7-12/h8-9,11H,4-7H2,1-3H3/q+1. The zero-order chi connectivity index (χ0) is 9.19. The van der Waals surface area contributed by atoms with E-state index in [2.05, 4.69) is 26.2 Å². The van der Waals surface area contributed by atoms with Crippen LogP contribution < -0.4 is 5.32 Å². The maximum Gasteiger partial charge on any atom is 0.167 e. The van der Waals surface area contributed by atoms with Crippen LogP contribution in [0.4, 0.5) is 0 Å². The Morgan fingerprint density at radius 3 is 2.17 bits per heavy atom. The molecule has 1 rings (SSSR count). The topological polar surface area (TPSA) is 12.0 Å². The number of hydrogen-bond donors (Lipinski definition) is 1. The van der Waals surface area contributed by atoms with Crippen molar-refractivity contribution < 1.29 is 4.48 Å². The molecule has 1 aliphatic rings. The predicted molar refractivity (Wildman–Crippen MR) is 53.3 cm³/mol. The van der Waals surface area contributed by atoms with Gasteiger partial charge in [-0.3, -0.25) is 0 Å². The second-order valence-corrected chi connectivity index (χ2v) is 4.74. The first kappa shape index (κ1) is 10.3. The molecule has 1 saturated heterocycles. The van der Waals surface area contributed by atoms with E-state index in [9.17, 15) is 0 Å². The molecule has 1 heterocycles. The van der Waals surface area contributed by atoms with Gasteiger partial charge in [-0.2, -0.15) is 0 Å². The van der Waals surface area contributed by atoms with Crippen molar-refractivity contribution >= 4 is 11.6 Å². The number of rotatable bonds is 2. The zero-order valence-electron chi connectivity index (χ0n) is 8.31. The highest BCUT2D eigenvalue weighted by Crippen LogP contribution is 2.22. The van der Waals surface area contributed by atoms with Gasteiger partial charge in [-0.05, 0) is 0 Å². The molecule has 0 amide bonds. The van der Waals surface area contributed by atoms with Crippen LogP contribution in [0, 0.1) is 5.92 Å². The molecular formula is C9H20ClN2+. The molecule has 0 aliphatic carbocycles. The molecule has 0 saturated carbocycles. The highest BCUT2D eigenvalue weighted by Gasteiger charge is 2.34. The first-order chi connectivity index (χ1) is 5.56. The van der Waals surface area contributed by atoms with Crippen molar-refractivity contribution in [2.24, 2.45) is 5.92 Å². The van der Waals surface area contributed by atoms with E-state index in [1.807, 2.05) is 0 Å². The quantitative estimate of drug-likeness (QED) is 0.394. The molecule has 3 heteroatoms. The molecule has 1 atom stereocenters. The molecule has 1 N–H and O–H groups in total. The van der Waals surface area contributed by atoms with Crippen molar-refractivity contribution in [1.82, 2.24) is 5.32 Å². The monoisotopic (exact) mass is 191 g/mol. The van der Waals surface area contributed by atoms with Gasteiger partial charge in [-0.1, -0.05) is 25.4 Å². The molecule has 0 bridgehead atoms. The minimum atomic E-state index is 0.270. The van der Waals surface area contributed by atoms with Gasteiger partial charge in [0.25, 0.3) is 0 Å². The molecule has 2 nitrogen and oxygen atoms in total. The normalized spacial score (nSPS) is 25.8. The third-order valence-corrected chi connectivity index (χ3v) is 3.72. The average molecular weight is 192 g/mol. The number of alkyl halides is 1. The molecule has 72 valence electrons. The van der Waals surface area contributed by atoms with E-state index < -0.39 is 0 Å². The second-order valence-electron chi connectivity index (χ2n) is 4.29. The van der Waals surface area contributed by atoms with Gasteiger partial charge in [0.2, 0.25) is 0 Å². The molecule has 0 aromatic heterocycles. The van der Waals surface area contributed by atoms with Crippen molar-refractivity contribution in [2.75, 3.05) is 33.2 Å². The van der Waals surface area contributed by atoms with E-state index in [0.717, 1.165) is 30.7 Å². The Kier molecular flexibility index (Phi) is 3.38. The molecule has 12 heavy (non-hydrogen) atoms. The maximum absolute atomic E-state index is 6.38. The molecule has 0 radical (unpaired) electrons. The molecule has 0 spiro atoms. The Balaban J connectivity index is 2.56. The van der Waals surface area contributed by atoms with Gasteiger partial charge < -0.3 is 9.80 Å². The molecule has 1 unspecified atom stereocenters. The van der Waals surface area contributed by atoms with Gasteiger partial charge in [0.1, 0.15) is 0 Å². The Morgan fingerprint density at radius 1 is 1.25 bits per heavy atom. The number of quaternary nitrogens is 1. The Labute approximate surface area is 80.5 Å². The van der Waals surface area contributed by atoms with Crippen LogP contribution in [0.1, 0.15) is 13.8 Å². The smallest absolute Gasteiger partial charge is 0.167 e. The van der Waals surface area contributed by atoms with E-state index in [1.54, 1.807) is 0 Å². The lowest BCUT2D eigenvalue weighted by atomic mass is 10.1. The first-order valence-electron chi connectivity index (χ1n) is 4.75. The summed E-state index contributed by atoms with van der Waals surface area (Å²) in [7, 11) is 2.26. The van der Waals surface area contributed by atoms with Crippen molar-refractivity contribution in [3.63, 3.8) is 0 Å². The molecule has 1 aliphatic heterocycles. The zero-order valence-corrected chi connectivity index (χ0v) is 9.06. The number of piperazine rings is 1. The van der Waals surface area contributed by atoms with E-state index in [-0.39, 0.29) is 5.50 Å². The maximum atomic E-state index is 6.38. The van der Waals surface area contributed by atoms with Gasteiger partial charge >= 0.3 is 0 Å². The van der Waals surface area contributed by atoms with E-state index >= 15 is 0 Å². The summed E-state index contributed by atoms with van der Waals surface area (Å²) in [6, 6.07) is 0. The number of hydrogen-bond acceptors (Lipinski definition) is 1. The van der Waals surface area contributed by atoms with Crippen molar-refractivity contribution in [1.29, 1.82) is 0 Å². The number of halogens is 1. The van der Waals surface area contributed by atoms with Crippen molar-refractivity contribution in [3.05, 3.63) is 0 Å². The van der Waals surface area contributed by atoms with Crippen LogP contribution in [0.25, 0.3) is 0 Å². The Bertz CT molecular complexity index is 141. The summed E-state index contributed by atoms with van der Waals surface area (Å²) in [6.45, 7) is 8.92. The van der Waals surface area contributed by atoms with Gasteiger partial charge in [0, 0.05) is 19.0 Å². The minimum Gasteiger partial charge on any atom is -0.309 e. The first-order valence-corrected chi connectivity index (χ1v) is 5.19. The largest absolute Gasteiger partial charge is 0.309 e. The summed E-state index contributed by atoms with van der Waals surface area (Å²) in [4.78, 5) is 0. The van der Waals surface area contributed by atoms with Crippen molar-refractivity contribution in [2.45, 2.75) is 19.3 Å². The molecule has 0 aromatic carbocycles. The van der Waals surface area contributed by atoms with Crippen LogP contribution >= 0.6 is 11.6 Å². The lowest BCUT2D eigenvalue weighted by Gasteiger charge is -2.43. The second kappa shape index (κ2) is 3.95. The fraction of sp³-hybridized carbons (Fsp3) is 1.00. The number of nitrogens with zero attached hydrogens (tertiary/aromatic N) is 1. The summed E-state index contributed by atoms with van der Waals surface area (Å²) in [5.41, 5.74) is 0.270. The lowest BCUT2D eigenvalue weighted by molar-refractivity contribution is -0.925. The Morgan fingerprint density at radius 2 is 1.75 bits per heavy atom. The third-order valence-electron chi connectivity index (χ3n) is 2.74. The van der Waals surface area contributed by atoms with Gasteiger partial charge in [0.15, 0.2) is 5.50 Å². The third kappa shape index (κ3) is 2.12. The van der Waals surface area contributed by atoms with Gasteiger partial charge in [-0.15, -0.1) is 0 Å². The summed E-state index contributed by atoms with van der Waals surface area (Å²) < 4.78 is 1.02. The van der Waals surface area contributed by atoms with Crippen LogP contribution in [-0.4, -0.2) is 43.2 Å². The van der Waals surface area contributed by atoms with Crippen molar-refractivity contribution in [3.8, 4) is 0 Å². The minimum absolute atomic E-state index is 0.270. The van der Waals surface area contributed by atoms with Gasteiger partial charge in [0.05, 0.1) is 20.1 Å². The lowest BCUT2D eigenvalue weighted by Crippen LogP contribution is -2.60. The predicted octanol–water partition coefficient (Wildman–Crippen LogP) is 1.26. The van der Waals surface area contributed by atoms with Crippen LogP contribution in [0.3, 0.4) is 0 Å². The molecule has 1 fully saturated rings. The summed E-state index contributed by atoms with van der Waals surface area (Å²) in [6.07, 6.45) is 0. The van der Waals surface area contributed by atoms with Crippen LogP contribution in [0.2, 0.25) is 0 Å². The highest BCUT2D eigenvalue weighted by molar-refractivity contribution is 6.19. The van der Waals surface area contributed by atoms with Crippen LogP contribution in [0.15, 0.2) is 0 Å². The fourth-order valence-corrected chi connectivity index (χ4v) is 2.07. The van der Waals surface area contributed by atoms with E-state index in [1.165, 1.54) is 0 Å². The van der Waals surface area contributed by atoms with Crippen LogP contribution in [0.5, 0.6) is 0 Å². The Hall–Kier alpha value is 0.210. The summed E-state index contributed by atoms with van der Waals surface area (Å²) in [5.74, 6) is 0.565. The van der Waals surface area contributed by atoms with E-state index in [4.69, 9.17) is 11.6 Å². The average Bonchev–Trinajstić information content (AvgIpc) is 2.04.